The Morgan fingerprint density at radius 3 is 1.66 bits per heavy atom. The third kappa shape index (κ3) is 4.99. The predicted molar refractivity (Wildman–Crippen MR) is 123 cm³/mol. The highest BCUT2D eigenvalue weighted by molar-refractivity contribution is 14.1. The lowest BCUT2D eigenvalue weighted by molar-refractivity contribution is 0.131. The molecule has 0 heterocycles. The Balaban J connectivity index is 2.10. The van der Waals surface area contributed by atoms with Crippen LogP contribution in [0.1, 0.15) is 37.5 Å². The van der Waals surface area contributed by atoms with Crippen molar-refractivity contribution in [1.82, 2.24) is 0 Å². The molecule has 0 spiro atoms. The van der Waals surface area contributed by atoms with Gasteiger partial charge in [0.15, 0.2) is 0 Å². The molecule has 0 amide bonds. The van der Waals surface area contributed by atoms with Crippen LogP contribution in [0, 0.1) is 0 Å². The average molecular weight is 522 g/mol. The van der Waals surface area contributed by atoms with Crippen LogP contribution in [0.25, 0.3) is 0 Å². The second-order valence-electron chi connectivity index (χ2n) is 7.76. The maximum absolute atomic E-state index is 11.4. The molecule has 1 N–H and O–H groups in total. The Kier molecular flexibility index (Phi) is 6.08. The minimum atomic E-state index is -4.24. The van der Waals surface area contributed by atoms with E-state index in [4.69, 9.17) is 4.74 Å². The number of hydrogen-bond acceptors (Lipinski definition) is 3. The second kappa shape index (κ2) is 8.08. The molecule has 29 heavy (non-hydrogen) atoms. The quantitative estimate of drug-likeness (QED) is 0.198. The van der Waals surface area contributed by atoms with Gasteiger partial charge in [-0.15, -0.1) is 0 Å². The number of hydrogen-bond donors (Lipinski definition) is 1. The van der Waals surface area contributed by atoms with E-state index in [0.29, 0.717) is 0 Å². The van der Waals surface area contributed by atoms with Crippen LogP contribution in [0.2, 0.25) is 0 Å². The third-order valence-corrected chi connectivity index (χ3v) is 7.13. The van der Waals surface area contributed by atoms with Gasteiger partial charge < -0.3 is 4.74 Å². The zero-order valence-corrected chi connectivity index (χ0v) is 19.4. The van der Waals surface area contributed by atoms with E-state index in [2.05, 4.69) is 22.6 Å². The smallest absolute Gasteiger partial charge is 0.294 e. The van der Waals surface area contributed by atoms with Crippen molar-refractivity contribution in [1.29, 1.82) is 0 Å². The first kappa shape index (κ1) is 21.8. The maximum Gasteiger partial charge on any atom is 0.294 e. The van der Waals surface area contributed by atoms with E-state index in [0.717, 1.165) is 22.4 Å². The third-order valence-electron chi connectivity index (χ3n) is 4.40. The summed E-state index contributed by atoms with van der Waals surface area (Å²) >= 11 is 2.39. The molecule has 0 aliphatic rings. The molecule has 0 saturated heterocycles. The van der Waals surface area contributed by atoms with Crippen LogP contribution in [-0.4, -0.2) is 18.6 Å². The first-order valence-corrected chi connectivity index (χ1v) is 11.6. The molecule has 3 rings (SSSR count). The molecule has 152 valence electrons. The molecule has 1 unspecified atom stereocenters. The molecule has 3 aromatic carbocycles. The summed E-state index contributed by atoms with van der Waals surface area (Å²) < 4.78 is 37.5. The Hall–Kier alpha value is -1.90. The van der Waals surface area contributed by atoms with Crippen molar-refractivity contribution in [2.24, 2.45) is 0 Å². The summed E-state index contributed by atoms with van der Waals surface area (Å²) in [6.45, 7) is 6.01. The molecule has 3 aromatic rings. The van der Waals surface area contributed by atoms with Gasteiger partial charge in [0.25, 0.3) is 10.1 Å². The molecule has 0 aliphatic heterocycles. The summed E-state index contributed by atoms with van der Waals surface area (Å²) in [6.07, 6.45) is 0. The minimum Gasteiger partial charge on any atom is -0.488 e. The normalized spacial score (nSPS) is 14.2. The largest absolute Gasteiger partial charge is 0.488 e. The molecule has 4 nitrogen and oxygen atoms in total. The topological polar surface area (TPSA) is 63.6 Å². The Morgan fingerprint density at radius 1 is 0.759 bits per heavy atom. The van der Waals surface area contributed by atoms with Gasteiger partial charge in [0.1, 0.15) is 11.4 Å². The standard InChI is InChI=1S/C23H23IO4S/c1-22(2,3)28-20-13-9-18(10-14-20)23(24,17-7-5-4-6-8-17)19-11-15-21(16-12-19)29(25,26)27/h4-16H,1-3H3,(H,25,26,27). The maximum atomic E-state index is 11.4. The van der Waals surface area contributed by atoms with Gasteiger partial charge >= 0.3 is 0 Å². The molecule has 0 saturated carbocycles. The summed E-state index contributed by atoms with van der Waals surface area (Å²) in [7, 11) is -4.24. The van der Waals surface area contributed by atoms with Crippen LogP contribution in [0.15, 0.2) is 83.8 Å². The fraction of sp³-hybridized carbons (Fsp3) is 0.217. The highest BCUT2D eigenvalue weighted by Crippen LogP contribution is 2.45. The summed E-state index contributed by atoms with van der Waals surface area (Å²) in [4.78, 5) is -0.123. The lowest BCUT2D eigenvalue weighted by Crippen LogP contribution is -2.24. The van der Waals surface area contributed by atoms with Crippen LogP contribution < -0.4 is 4.74 Å². The molecule has 1 atom stereocenters. The lowest BCUT2D eigenvalue weighted by atomic mass is 9.85. The van der Waals surface area contributed by atoms with Gasteiger partial charge in [-0.25, -0.2) is 0 Å². The monoisotopic (exact) mass is 522 g/mol. The van der Waals surface area contributed by atoms with Gasteiger partial charge in [0, 0.05) is 0 Å². The van der Waals surface area contributed by atoms with E-state index in [1.54, 1.807) is 12.1 Å². The summed E-state index contributed by atoms with van der Waals surface area (Å²) in [5.74, 6) is 0.787. The van der Waals surface area contributed by atoms with Crippen molar-refractivity contribution in [2.45, 2.75) is 34.7 Å². The van der Waals surface area contributed by atoms with Crippen molar-refractivity contribution in [3.05, 3.63) is 95.6 Å². The Bertz CT molecular complexity index is 1070. The number of alkyl halides is 1. The molecule has 6 heteroatoms. The summed E-state index contributed by atoms with van der Waals surface area (Å²) in [5, 5.41) is 0. The van der Waals surface area contributed by atoms with Gasteiger partial charge in [-0.05, 0) is 61.7 Å². The van der Waals surface area contributed by atoms with E-state index in [-0.39, 0.29) is 10.5 Å². The molecule has 0 radical (unpaired) electrons. The van der Waals surface area contributed by atoms with E-state index < -0.39 is 13.5 Å². The first-order chi connectivity index (χ1) is 13.5. The van der Waals surface area contributed by atoms with E-state index >= 15 is 0 Å². The Labute approximate surface area is 185 Å². The molecule has 0 aliphatic carbocycles. The number of rotatable bonds is 5. The van der Waals surface area contributed by atoms with Crippen molar-refractivity contribution >= 4 is 32.7 Å². The highest BCUT2D eigenvalue weighted by atomic mass is 127. The average Bonchev–Trinajstić information content (AvgIpc) is 2.67. The molecule has 0 aromatic heterocycles. The lowest BCUT2D eigenvalue weighted by Gasteiger charge is -2.30. The van der Waals surface area contributed by atoms with Crippen LogP contribution in [0.3, 0.4) is 0 Å². The molecule has 0 bridgehead atoms. The highest BCUT2D eigenvalue weighted by Gasteiger charge is 2.33. The van der Waals surface area contributed by atoms with Gasteiger partial charge in [-0.3, -0.25) is 4.55 Å². The minimum absolute atomic E-state index is 0.123. The van der Waals surface area contributed by atoms with Gasteiger partial charge in [-0.2, -0.15) is 8.42 Å². The van der Waals surface area contributed by atoms with Crippen molar-refractivity contribution in [2.75, 3.05) is 0 Å². The van der Waals surface area contributed by atoms with Crippen LogP contribution in [0.5, 0.6) is 5.75 Å². The molecular weight excluding hydrogens is 499 g/mol. The van der Waals surface area contributed by atoms with Gasteiger partial charge in [-0.1, -0.05) is 77.2 Å². The number of halogens is 1. The number of ether oxygens (including phenoxy) is 1. The summed E-state index contributed by atoms with van der Waals surface area (Å²) in [5.41, 5.74) is 2.71. The van der Waals surface area contributed by atoms with Crippen LogP contribution in [0.4, 0.5) is 0 Å². The van der Waals surface area contributed by atoms with E-state index in [1.165, 1.54) is 12.1 Å². The number of benzene rings is 3. The van der Waals surface area contributed by atoms with Gasteiger partial charge in [0.2, 0.25) is 0 Å². The van der Waals surface area contributed by atoms with Gasteiger partial charge in [0.05, 0.1) is 8.32 Å². The first-order valence-electron chi connectivity index (χ1n) is 9.12. The summed E-state index contributed by atoms with van der Waals surface area (Å²) in [6, 6.07) is 24.3. The van der Waals surface area contributed by atoms with Crippen molar-refractivity contribution in [3.63, 3.8) is 0 Å². The zero-order valence-electron chi connectivity index (χ0n) is 16.5. The fourth-order valence-electron chi connectivity index (χ4n) is 3.13. The van der Waals surface area contributed by atoms with Crippen LogP contribution in [-0.2, 0) is 13.5 Å². The Morgan fingerprint density at radius 2 is 1.21 bits per heavy atom. The van der Waals surface area contributed by atoms with Crippen molar-refractivity contribution < 1.29 is 17.7 Å². The zero-order chi connectivity index (χ0) is 21.3. The van der Waals surface area contributed by atoms with Crippen molar-refractivity contribution in [3.8, 4) is 5.75 Å². The SMILES string of the molecule is CC(C)(C)Oc1ccc(C(I)(c2ccccc2)c2ccc(S(=O)(=O)O)cc2)cc1. The molecule has 0 fully saturated rings. The predicted octanol–water partition coefficient (Wildman–Crippen LogP) is 5.84. The van der Waals surface area contributed by atoms with Crippen LogP contribution >= 0.6 is 22.6 Å². The van der Waals surface area contributed by atoms with E-state index in [9.17, 15) is 13.0 Å². The molecular formula is C23H23IO4S. The van der Waals surface area contributed by atoms with E-state index in [1.807, 2.05) is 75.4 Å². The fourth-order valence-corrected chi connectivity index (χ4v) is 4.69. The second-order valence-corrected chi connectivity index (χ2v) is 10.8.